The van der Waals surface area contributed by atoms with Gasteiger partial charge in [-0.05, 0) is 18.6 Å². The van der Waals surface area contributed by atoms with Gasteiger partial charge in [0.15, 0.2) is 5.82 Å². The Morgan fingerprint density at radius 1 is 1.60 bits per heavy atom. The van der Waals surface area contributed by atoms with Crippen LogP contribution >= 0.6 is 11.6 Å². The van der Waals surface area contributed by atoms with Crippen molar-refractivity contribution in [1.82, 2.24) is 4.90 Å². The minimum absolute atomic E-state index is 0.0138. The van der Waals surface area contributed by atoms with Gasteiger partial charge in [-0.25, -0.2) is 4.39 Å². The molecule has 0 radical (unpaired) electrons. The number of carbonyl (C=O) groups is 1. The molecule has 1 heterocycles. The highest BCUT2D eigenvalue weighted by molar-refractivity contribution is 6.31. The molecule has 108 valence electrons. The van der Waals surface area contributed by atoms with E-state index in [1.165, 1.54) is 12.1 Å². The number of hydrogen-bond acceptors (Lipinski definition) is 3. The van der Waals surface area contributed by atoms with E-state index >= 15 is 0 Å². The molecule has 1 amide bonds. The zero-order chi connectivity index (χ0) is 14.7. The first-order chi connectivity index (χ1) is 9.58. The van der Waals surface area contributed by atoms with Gasteiger partial charge in [-0.2, -0.15) is 0 Å². The summed E-state index contributed by atoms with van der Waals surface area (Å²) >= 11 is 5.70. The van der Waals surface area contributed by atoms with Gasteiger partial charge in [0, 0.05) is 25.4 Å². The maximum atomic E-state index is 13.9. The Morgan fingerprint density at radius 3 is 3.00 bits per heavy atom. The molecule has 1 aliphatic rings. The average Bonchev–Trinajstić information content (AvgIpc) is 2.48. The first-order valence-corrected chi connectivity index (χ1v) is 6.90. The van der Waals surface area contributed by atoms with Crippen molar-refractivity contribution in [3.05, 3.63) is 34.6 Å². The highest BCUT2D eigenvalue weighted by Gasteiger charge is 2.29. The third-order valence-corrected chi connectivity index (χ3v) is 3.93. The summed E-state index contributed by atoms with van der Waals surface area (Å²) < 4.78 is 13.9. The lowest BCUT2D eigenvalue weighted by Crippen LogP contribution is -2.44. The topological polar surface area (TPSA) is 52.9 Å². The van der Waals surface area contributed by atoms with Gasteiger partial charge >= 0.3 is 0 Å². The molecule has 1 fully saturated rings. The van der Waals surface area contributed by atoms with Crippen molar-refractivity contribution in [2.45, 2.75) is 19.8 Å². The summed E-state index contributed by atoms with van der Waals surface area (Å²) in [6, 6.07) is 4.40. The number of piperidine rings is 1. The van der Waals surface area contributed by atoms with E-state index in [9.17, 15) is 9.18 Å². The first-order valence-electron chi connectivity index (χ1n) is 6.52. The van der Waals surface area contributed by atoms with Crippen LogP contribution in [0.15, 0.2) is 23.4 Å². The number of likely N-dealkylation sites (tertiary alicyclic amines) is 1. The summed E-state index contributed by atoms with van der Waals surface area (Å²) in [4.78, 5) is 13.9. The van der Waals surface area contributed by atoms with E-state index in [0.717, 1.165) is 6.42 Å². The number of carbonyl (C=O) groups excluding carboxylic acids is 1. The zero-order valence-corrected chi connectivity index (χ0v) is 11.9. The van der Waals surface area contributed by atoms with Crippen molar-refractivity contribution < 1.29 is 14.4 Å². The lowest BCUT2D eigenvalue weighted by molar-refractivity contribution is 0.0724. The Bertz CT molecular complexity index is 548. The molecule has 0 spiro atoms. The predicted octanol–water partition coefficient (Wildman–Crippen LogP) is 3.18. The van der Waals surface area contributed by atoms with Crippen molar-refractivity contribution >= 4 is 23.2 Å². The summed E-state index contributed by atoms with van der Waals surface area (Å²) in [5.74, 6) is -1.05. The Labute approximate surface area is 121 Å². The monoisotopic (exact) mass is 298 g/mol. The normalized spacial score (nSPS) is 21.2. The van der Waals surface area contributed by atoms with Crippen LogP contribution in [0.5, 0.6) is 0 Å². The third kappa shape index (κ3) is 2.77. The number of oxime groups is 1. The lowest BCUT2D eigenvalue weighted by Gasteiger charge is -2.33. The van der Waals surface area contributed by atoms with Gasteiger partial charge in [-0.1, -0.05) is 29.7 Å². The molecule has 1 aromatic carbocycles. The van der Waals surface area contributed by atoms with E-state index in [1.54, 1.807) is 11.0 Å². The van der Waals surface area contributed by atoms with Crippen LogP contribution in [0.3, 0.4) is 0 Å². The average molecular weight is 299 g/mol. The van der Waals surface area contributed by atoms with Gasteiger partial charge in [-0.15, -0.1) is 0 Å². The van der Waals surface area contributed by atoms with E-state index in [0.29, 0.717) is 25.2 Å². The van der Waals surface area contributed by atoms with Crippen LogP contribution in [-0.4, -0.2) is 34.8 Å². The van der Waals surface area contributed by atoms with Crippen molar-refractivity contribution in [2.24, 2.45) is 11.1 Å². The molecule has 1 N–H and O–H groups in total. The molecule has 4 nitrogen and oxygen atoms in total. The van der Waals surface area contributed by atoms with Gasteiger partial charge in [-0.3, -0.25) is 4.79 Å². The minimum atomic E-state index is -0.686. The van der Waals surface area contributed by atoms with E-state index in [-0.39, 0.29) is 22.4 Å². The molecular formula is C14H16ClFN2O2. The van der Waals surface area contributed by atoms with Crippen molar-refractivity contribution in [1.29, 1.82) is 0 Å². The molecule has 0 aliphatic carbocycles. The molecule has 0 saturated carbocycles. The van der Waals surface area contributed by atoms with Crippen molar-refractivity contribution in [3.63, 3.8) is 0 Å². The minimum Gasteiger partial charge on any atom is -0.411 e. The molecule has 2 rings (SSSR count). The number of nitrogens with zero attached hydrogens (tertiary/aromatic N) is 2. The Balaban J connectivity index is 2.20. The van der Waals surface area contributed by atoms with Crippen LogP contribution in [0, 0.1) is 11.7 Å². The SMILES string of the molecule is CCC1CN(C(=O)c2cccc(Cl)c2F)CC/C1=N\O. The largest absolute Gasteiger partial charge is 0.411 e. The smallest absolute Gasteiger partial charge is 0.256 e. The maximum Gasteiger partial charge on any atom is 0.256 e. The second-order valence-corrected chi connectivity index (χ2v) is 5.21. The summed E-state index contributed by atoms with van der Waals surface area (Å²) in [7, 11) is 0. The van der Waals surface area contributed by atoms with Crippen molar-refractivity contribution in [3.8, 4) is 0 Å². The molecule has 1 aromatic rings. The van der Waals surface area contributed by atoms with Gasteiger partial charge in [0.05, 0.1) is 16.3 Å². The van der Waals surface area contributed by atoms with E-state index < -0.39 is 5.82 Å². The fourth-order valence-corrected chi connectivity index (χ4v) is 2.61. The standard InChI is InChI=1S/C14H16ClFN2O2/c1-2-9-8-18(7-6-12(9)17-20)14(19)10-4-3-5-11(15)13(10)16/h3-5,9,20H,2,6-8H2,1H3/b17-12+. The highest BCUT2D eigenvalue weighted by atomic mass is 35.5. The third-order valence-electron chi connectivity index (χ3n) is 3.64. The number of benzene rings is 1. The van der Waals surface area contributed by atoms with Gasteiger partial charge < -0.3 is 10.1 Å². The second-order valence-electron chi connectivity index (χ2n) is 4.80. The number of rotatable bonds is 2. The summed E-state index contributed by atoms with van der Waals surface area (Å²) in [6.07, 6.45) is 1.27. The number of hydrogen-bond donors (Lipinski definition) is 1. The van der Waals surface area contributed by atoms with Crippen molar-refractivity contribution in [2.75, 3.05) is 13.1 Å². The molecular weight excluding hydrogens is 283 g/mol. The molecule has 1 unspecified atom stereocenters. The van der Waals surface area contributed by atoms with Gasteiger partial charge in [0.2, 0.25) is 0 Å². The number of halogens is 2. The predicted molar refractivity (Wildman–Crippen MR) is 74.9 cm³/mol. The molecule has 1 saturated heterocycles. The Hall–Kier alpha value is -1.62. The molecule has 1 atom stereocenters. The fourth-order valence-electron chi connectivity index (χ4n) is 2.44. The van der Waals surface area contributed by atoms with Crippen LogP contribution in [-0.2, 0) is 0 Å². The van der Waals surface area contributed by atoms with Crippen LogP contribution < -0.4 is 0 Å². The molecule has 0 bridgehead atoms. The highest BCUT2D eigenvalue weighted by Crippen LogP contribution is 2.23. The van der Waals surface area contributed by atoms with Crippen LogP contribution in [0.4, 0.5) is 4.39 Å². The summed E-state index contributed by atoms with van der Waals surface area (Å²) in [5, 5.41) is 12.1. The van der Waals surface area contributed by atoms with Gasteiger partial charge in [0.1, 0.15) is 0 Å². The summed E-state index contributed by atoms with van der Waals surface area (Å²) in [6.45, 7) is 2.81. The maximum absolute atomic E-state index is 13.9. The summed E-state index contributed by atoms with van der Waals surface area (Å²) in [5.41, 5.74) is 0.680. The van der Waals surface area contributed by atoms with E-state index in [4.69, 9.17) is 16.8 Å². The Morgan fingerprint density at radius 2 is 2.35 bits per heavy atom. The molecule has 0 aromatic heterocycles. The Kier molecular flexibility index (Phi) is 4.60. The van der Waals surface area contributed by atoms with Crippen LogP contribution in [0.2, 0.25) is 5.02 Å². The second kappa shape index (κ2) is 6.22. The quantitative estimate of drug-likeness (QED) is 0.673. The van der Waals surface area contributed by atoms with Crippen LogP contribution in [0.1, 0.15) is 30.1 Å². The van der Waals surface area contributed by atoms with E-state index in [1.807, 2.05) is 6.92 Å². The lowest BCUT2D eigenvalue weighted by atomic mass is 9.93. The van der Waals surface area contributed by atoms with E-state index in [2.05, 4.69) is 5.16 Å². The first kappa shape index (κ1) is 14.8. The molecule has 1 aliphatic heterocycles. The fraction of sp³-hybridized carbons (Fsp3) is 0.429. The zero-order valence-electron chi connectivity index (χ0n) is 11.1. The molecule has 20 heavy (non-hydrogen) atoms. The molecule has 6 heteroatoms. The van der Waals surface area contributed by atoms with Gasteiger partial charge in [0.25, 0.3) is 5.91 Å². The van der Waals surface area contributed by atoms with Crippen LogP contribution in [0.25, 0.3) is 0 Å². The number of amides is 1.